The van der Waals surface area contributed by atoms with E-state index in [-0.39, 0.29) is 29.3 Å². The summed E-state index contributed by atoms with van der Waals surface area (Å²) in [6, 6.07) is 16.3. The van der Waals surface area contributed by atoms with Gasteiger partial charge in [0, 0.05) is 23.2 Å². The number of aromatic nitrogens is 2. The van der Waals surface area contributed by atoms with Crippen molar-refractivity contribution in [1.29, 1.82) is 5.26 Å². The lowest BCUT2D eigenvalue weighted by molar-refractivity contribution is -0.123. The third kappa shape index (κ3) is 6.82. The second kappa shape index (κ2) is 12.8. The smallest absolute Gasteiger partial charge is 0.244 e. The van der Waals surface area contributed by atoms with Crippen molar-refractivity contribution in [3.05, 3.63) is 94.7 Å². The number of nitrogens with zero attached hydrogens (tertiary/aromatic N) is 2. The Balaban J connectivity index is 1.56. The van der Waals surface area contributed by atoms with Crippen LogP contribution in [0.5, 0.6) is 11.8 Å². The molecule has 0 aliphatic rings. The summed E-state index contributed by atoms with van der Waals surface area (Å²) in [7, 11) is 0. The fourth-order valence-electron chi connectivity index (χ4n) is 4.57. The van der Waals surface area contributed by atoms with Gasteiger partial charge in [0.25, 0.3) is 0 Å². The minimum atomic E-state index is -1.00. The molecule has 0 radical (unpaired) electrons. The van der Waals surface area contributed by atoms with Crippen molar-refractivity contribution < 1.29 is 24.6 Å². The van der Waals surface area contributed by atoms with Crippen molar-refractivity contribution in [2.75, 3.05) is 0 Å². The van der Waals surface area contributed by atoms with Gasteiger partial charge in [-0.3, -0.25) is 24.4 Å². The van der Waals surface area contributed by atoms with E-state index in [1.54, 1.807) is 50.4 Å². The van der Waals surface area contributed by atoms with Gasteiger partial charge in [0.2, 0.25) is 17.7 Å². The molecule has 2 amide bonds. The van der Waals surface area contributed by atoms with E-state index in [1.165, 1.54) is 13.0 Å². The van der Waals surface area contributed by atoms with E-state index in [0.29, 0.717) is 11.1 Å². The Labute approximate surface area is 242 Å². The molecule has 0 bridgehead atoms. The zero-order valence-electron chi connectivity index (χ0n) is 23.4. The Kier molecular flexibility index (Phi) is 9.02. The minimum Gasteiger partial charge on any atom is -0.494 e. The predicted octanol–water partition coefficient (Wildman–Crippen LogP) is 4.44. The normalized spacial score (nSPS) is 12.6. The number of aromatic amines is 1. The average molecular weight is 566 g/mol. The summed E-state index contributed by atoms with van der Waals surface area (Å²) in [6.07, 6.45) is 4.34. The van der Waals surface area contributed by atoms with Gasteiger partial charge in [0.05, 0.1) is 41.2 Å². The fraction of sp³-hybridized carbons (Fsp3) is 0.219. The number of fused-ring (bicyclic) bond motifs is 1. The largest absolute Gasteiger partial charge is 0.494 e. The molecule has 4 aromatic rings. The van der Waals surface area contributed by atoms with Crippen LogP contribution in [0.2, 0.25) is 0 Å². The summed E-state index contributed by atoms with van der Waals surface area (Å²) >= 11 is 0. The standard InChI is InChI=1S/C32H31N5O5/c1-18(2)29(30(40)28-19(3)31(41)37-32(28)42)36-27(39)15-25(23-14-22-6-4-5-7-24(22)34-17-23)35-26(38)13-12-20-8-10-21(16-33)11-9-20/h4-14,17-18,25,29,37,41-42H,15H2,1-3H3,(H,35,38)(H,36,39)/t25-,29-/m0/s1. The number of hydrogen-bond donors (Lipinski definition) is 5. The molecular formula is C32H31N5O5. The van der Waals surface area contributed by atoms with E-state index in [2.05, 4.69) is 20.6 Å². The van der Waals surface area contributed by atoms with Crippen LogP contribution in [0.1, 0.15) is 58.9 Å². The molecular weight excluding hydrogens is 534 g/mol. The van der Waals surface area contributed by atoms with Crippen LogP contribution in [0.25, 0.3) is 17.0 Å². The number of para-hydroxylation sites is 1. The lowest BCUT2D eigenvalue weighted by atomic mass is 9.93. The molecule has 10 nitrogen and oxygen atoms in total. The van der Waals surface area contributed by atoms with Gasteiger partial charge < -0.3 is 20.8 Å². The maximum atomic E-state index is 13.3. The second-order valence-electron chi connectivity index (χ2n) is 10.3. The van der Waals surface area contributed by atoms with Crippen molar-refractivity contribution in [2.24, 2.45) is 5.92 Å². The third-order valence-corrected chi connectivity index (χ3v) is 6.90. The van der Waals surface area contributed by atoms with Gasteiger partial charge in [-0.1, -0.05) is 44.2 Å². The lowest BCUT2D eigenvalue weighted by Crippen LogP contribution is -2.45. The monoisotopic (exact) mass is 565 g/mol. The molecule has 0 fully saturated rings. The third-order valence-electron chi connectivity index (χ3n) is 6.90. The number of pyridine rings is 1. The van der Waals surface area contributed by atoms with Crippen molar-refractivity contribution in [1.82, 2.24) is 20.6 Å². The molecule has 2 atom stereocenters. The molecule has 0 spiro atoms. The highest BCUT2D eigenvalue weighted by Crippen LogP contribution is 2.30. The number of rotatable bonds is 10. The molecule has 2 aromatic heterocycles. The first kappa shape index (κ1) is 29.6. The van der Waals surface area contributed by atoms with E-state index >= 15 is 0 Å². The van der Waals surface area contributed by atoms with Gasteiger partial charge in [-0.15, -0.1) is 0 Å². The first-order chi connectivity index (χ1) is 20.1. The molecule has 214 valence electrons. The van der Waals surface area contributed by atoms with Gasteiger partial charge >= 0.3 is 0 Å². The Bertz CT molecular complexity index is 1700. The molecule has 2 heterocycles. The highest BCUT2D eigenvalue weighted by Gasteiger charge is 2.31. The molecule has 2 aromatic carbocycles. The van der Waals surface area contributed by atoms with Gasteiger partial charge in [0.1, 0.15) is 0 Å². The van der Waals surface area contributed by atoms with Crippen LogP contribution < -0.4 is 10.6 Å². The van der Waals surface area contributed by atoms with E-state index in [0.717, 1.165) is 16.5 Å². The number of benzene rings is 2. The Morgan fingerprint density at radius 2 is 1.76 bits per heavy atom. The number of carbonyl (C=O) groups excluding carboxylic acids is 3. The number of Topliss-reactive ketones (excluding diaryl/α,β-unsaturated/α-hetero) is 1. The molecule has 0 aliphatic heterocycles. The van der Waals surface area contributed by atoms with Gasteiger partial charge in [-0.05, 0) is 54.3 Å². The molecule has 0 unspecified atom stereocenters. The number of amides is 2. The Morgan fingerprint density at radius 3 is 2.40 bits per heavy atom. The first-order valence-electron chi connectivity index (χ1n) is 13.3. The number of carbonyl (C=O) groups is 3. The van der Waals surface area contributed by atoms with Gasteiger partial charge in [-0.2, -0.15) is 5.26 Å². The number of H-pyrrole nitrogens is 1. The number of nitrogens with one attached hydrogen (secondary N) is 3. The molecule has 5 N–H and O–H groups in total. The van der Waals surface area contributed by atoms with Crippen molar-refractivity contribution in [3.8, 4) is 17.8 Å². The predicted molar refractivity (Wildman–Crippen MR) is 157 cm³/mol. The molecule has 0 saturated carbocycles. The lowest BCUT2D eigenvalue weighted by Gasteiger charge is -2.24. The van der Waals surface area contributed by atoms with Crippen LogP contribution in [0.3, 0.4) is 0 Å². The molecule has 42 heavy (non-hydrogen) atoms. The van der Waals surface area contributed by atoms with Crippen LogP contribution in [0.4, 0.5) is 0 Å². The summed E-state index contributed by atoms with van der Waals surface area (Å²) in [5, 5.41) is 35.5. The van der Waals surface area contributed by atoms with E-state index in [4.69, 9.17) is 5.26 Å². The van der Waals surface area contributed by atoms with E-state index < -0.39 is 35.6 Å². The summed E-state index contributed by atoms with van der Waals surface area (Å²) in [5.41, 5.74) is 2.66. The topological polar surface area (TPSA) is 168 Å². The van der Waals surface area contributed by atoms with Crippen molar-refractivity contribution >= 4 is 34.6 Å². The van der Waals surface area contributed by atoms with Gasteiger partial charge in [0.15, 0.2) is 11.7 Å². The summed E-state index contributed by atoms with van der Waals surface area (Å²) < 4.78 is 0. The highest BCUT2D eigenvalue weighted by molar-refractivity contribution is 6.05. The summed E-state index contributed by atoms with van der Waals surface area (Å²) in [5.74, 6) is -2.66. The van der Waals surface area contributed by atoms with Crippen LogP contribution >= 0.6 is 0 Å². The van der Waals surface area contributed by atoms with Crippen LogP contribution in [-0.2, 0) is 9.59 Å². The number of nitriles is 1. The van der Waals surface area contributed by atoms with Crippen molar-refractivity contribution in [2.45, 2.75) is 39.3 Å². The Hall–Kier alpha value is -5.43. The zero-order chi connectivity index (χ0) is 30.4. The number of aromatic hydroxyl groups is 2. The van der Waals surface area contributed by atoms with Gasteiger partial charge in [-0.25, -0.2) is 0 Å². The Morgan fingerprint density at radius 1 is 1.05 bits per heavy atom. The van der Waals surface area contributed by atoms with Crippen LogP contribution in [0.15, 0.2) is 66.9 Å². The molecule has 0 aliphatic carbocycles. The quantitative estimate of drug-likeness (QED) is 0.140. The summed E-state index contributed by atoms with van der Waals surface area (Å²) in [6.45, 7) is 4.99. The maximum absolute atomic E-state index is 13.3. The fourth-order valence-corrected chi connectivity index (χ4v) is 4.57. The zero-order valence-corrected chi connectivity index (χ0v) is 23.4. The average Bonchev–Trinajstić information content (AvgIpc) is 3.24. The molecule has 4 rings (SSSR count). The van der Waals surface area contributed by atoms with E-state index in [9.17, 15) is 24.6 Å². The van der Waals surface area contributed by atoms with Crippen molar-refractivity contribution in [3.63, 3.8) is 0 Å². The summed E-state index contributed by atoms with van der Waals surface area (Å²) in [4.78, 5) is 46.4. The van der Waals surface area contributed by atoms with E-state index in [1.807, 2.05) is 36.4 Å². The van der Waals surface area contributed by atoms with Crippen LogP contribution in [-0.4, -0.2) is 43.8 Å². The van der Waals surface area contributed by atoms with Crippen LogP contribution in [0, 0.1) is 24.2 Å². The molecule has 0 saturated heterocycles. The number of hydrogen-bond acceptors (Lipinski definition) is 7. The first-order valence-corrected chi connectivity index (χ1v) is 13.3. The number of ketones is 1. The molecule has 10 heteroatoms. The SMILES string of the molecule is Cc1c(O)[nH]c(O)c1C(=O)[C@@H](NC(=O)C[C@H](NC(=O)C=Cc1ccc(C#N)cc1)c1cnc2ccccc2c1)C(C)C. The highest BCUT2D eigenvalue weighted by atomic mass is 16.3. The maximum Gasteiger partial charge on any atom is 0.244 e. The minimum absolute atomic E-state index is 0.0944. The second-order valence-corrected chi connectivity index (χ2v) is 10.3.